The molecule has 1 saturated heterocycles. The largest absolute Gasteiger partial charge is 0.497 e. The summed E-state index contributed by atoms with van der Waals surface area (Å²) in [4.78, 5) is 27.9. The van der Waals surface area contributed by atoms with E-state index in [1.807, 2.05) is 42.5 Å². The maximum atomic E-state index is 13.0. The molecular formula is C25H29N3O4. The molecule has 2 N–H and O–H groups in total. The predicted octanol–water partition coefficient (Wildman–Crippen LogP) is 3.70. The van der Waals surface area contributed by atoms with Crippen molar-refractivity contribution >= 4 is 12.0 Å². The predicted molar refractivity (Wildman–Crippen MR) is 121 cm³/mol. The van der Waals surface area contributed by atoms with Crippen LogP contribution in [0.1, 0.15) is 43.0 Å². The van der Waals surface area contributed by atoms with E-state index in [2.05, 4.69) is 27.7 Å². The zero-order valence-corrected chi connectivity index (χ0v) is 18.5. The van der Waals surface area contributed by atoms with Gasteiger partial charge in [-0.2, -0.15) is 0 Å². The zero-order valence-electron chi connectivity index (χ0n) is 18.5. The van der Waals surface area contributed by atoms with E-state index in [-0.39, 0.29) is 18.7 Å². The van der Waals surface area contributed by atoms with Gasteiger partial charge in [-0.25, -0.2) is 9.59 Å². The summed E-state index contributed by atoms with van der Waals surface area (Å²) >= 11 is 0. The lowest BCUT2D eigenvalue weighted by Crippen LogP contribution is -2.48. The van der Waals surface area contributed by atoms with Crippen LogP contribution >= 0.6 is 0 Å². The molecule has 2 aliphatic rings. The van der Waals surface area contributed by atoms with E-state index in [4.69, 9.17) is 9.47 Å². The third kappa shape index (κ3) is 4.62. The van der Waals surface area contributed by atoms with Crippen LogP contribution in [-0.4, -0.2) is 43.7 Å². The van der Waals surface area contributed by atoms with Gasteiger partial charge < -0.3 is 20.1 Å². The molecule has 0 aromatic heterocycles. The smallest absolute Gasteiger partial charge is 0.338 e. The Morgan fingerprint density at radius 1 is 1.09 bits per heavy atom. The summed E-state index contributed by atoms with van der Waals surface area (Å²) < 4.78 is 10.6. The number of nitrogens with zero attached hydrogens (tertiary/aromatic N) is 1. The van der Waals surface area contributed by atoms with Gasteiger partial charge in [0.05, 0.1) is 25.3 Å². The van der Waals surface area contributed by atoms with Gasteiger partial charge in [-0.3, -0.25) is 4.90 Å². The van der Waals surface area contributed by atoms with Crippen LogP contribution < -0.4 is 15.4 Å². The fourth-order valence-corrected chi connectivity index (χ4v) is 4.51. The molecule has 168 valence electrons. The summed E-state index contributed by atoms with van der Waals surface area (Å²) in [6.07, 6.45) is 2.11. The number of rotatable bonds is 7. The fraction of sp³-hybridized carbons (Fsp3) is 0.360. The van der Waals surface area contributed by atoms with Gasteiger partial charge in [-0.05, 0) is 49.6 Å². The summed E-state index contributed by atoms with van der Waals surface area (Å²) in [7, 11) is 1.60. The van der Waals surface area contributed by atoms with Crippen molar-refractivity contribution in [2.45, 2.75) is 31.8 Å². The molecule has 4 rings (SSSR count). The highest BCUT2D eigenvalue weighted by Gasteiger charge is 2.36. The first-order valence-corrected chi connectivity index (χ1v) is 11.0. The lowest BCUT2D eigenvalue weighted by molar-refractivity contribution is -0.139. The summed E-state index contributed by atoms with van der Waals surface area (Å²) in [5.74, 6) is 0.282. The lowest BCUT2D eigenvalue weighted by Gasteiger charge is -2.33. The van der Waals surface area contributed by atoms with Gasteiger partial charge >= 0.3 is 12.0 Å². The Balaban J connectivity index is 1.69. The summed E-state index contributed by atoms with van der Waals surface area (Å²) in [5.41, 5.74) is 3.07. The van der Waals surface area contributed by atoms with Crippen molar-refractivity contribution in [3.63, 3.8) is 0 Å². The van der Waals surface area contributed by atoms with Crippen LogP contribution in [0, 0.1) is 0 Å². The van der Waals surface area contributed by atoms with Crippen molar-refractivity contribution < 1.29 is 19.1 Å². The molecule has 2 aliphatic heterocycles. The third-order valence-electron chi connectivity index (χ3n) is 6.01. The van der Waals surface area contributed by atoms with Crippen molar-refractivity contribution in [1.82, 2.24) is 15.5 Å². The van der Waals surface area contributed by atoms with E-state index in [1.54, 1.807) is 14.0 Å². The molecule has 2 heterocycles. The van der Waals surface area contributed by atoms with E-state index in [1.165, 1.54) is 5.56 Å². The van der Waals surface area contributed by atoms with Crippen LogP contribution in [0.3, 0.4) is 0 Å². The van der Waals surface area contributed by atoms with Crippen molar-refractivity contribution in [1.29, 1.82) is 0 Å². The maximum absolute atomic E-state index is 13.0. The van der Waals surface area contributed by atoms with E-state index >= 15 is 0 Å². The van der Waals surface area contributed by atoms with Gasteiger partial charge in [0.1, 0.15) is 5.75 Å². The van der Waals surface area contributed by atoms with Crippen LogP contribution in [0.15, 0.2) is 65.9 Å². The molecule has 7 nitrogen and oxygen atoms in total. The number of carbonyl (C=O) groups is 2. The SMILES string of the molecule is CCOC(=O)C1=C(CN2CCC[C@H]2c2ccccc2)NC(=O)N[C@H]1c1ccc(OC)cc1. The average Bonchev–Trinajstić information content (AvgIpc) is 3.27. The number of benzene rings is 2. The zero-order chi connectivity index (χ0) is 22.5. The van der Waals surface area contributed by atoms with Gasteiger partial charge in [0.2, 0.25) is 0 Å². The second-order valence-electron chi connectivity index (χ2n) is 7.96. The number of ether oxygens (including phenoxy) is 2. The van der Waals surface area contributed by atoms with Crippen LogP contribution in [0.25, 0.3) is 0 Å². The molecule has 2 atom stereocenters. The topological polar surface area (TPSA) is 79.9 Å². The minimum atomic E-state index is -0.596. The van der Waals surface area contributed by atoms with Crippen LogP contribution in [0.5, 0.6) is 5.75 Å². The average molecular weight is 436 g/mol. The Bertz CT molecular complexity index is 988. The molecule has 32 heavy (non-hydrogen) atoms. The highest BCUT2D eigenvalue weighted by molar-refractivity contribution is 5.95. The van der Waals surface area contributed by atoms with Crippen molar-refractivity contribution in [2.75, 3.05) is 26.8 Å². The number of hydrogen-bond donors (Lipinski definition) is 2. The number of amides is 2. The highest BCUT2D eigenvalue weighted by atomic mass is 16.5. The Morgan fingerprint density at radius 3 is 2.53 bits per heavy atom. The molecule has 0 bridgehead atoms. The normalized spacial score (nSPS) is 21.1. The van der Waals surface area contributed by atoms with Gasteiger partial charge in [-0.15, -0.1) is 0 Å². The number of nitrogens with one attached hydrogen (secondary N) is 2. The van der Waals surface area contributed by atoms with E-state index in [0.29, 0.717) is 23.6 Å². The highest BCUT2D eigenvalue weighted by Crippen LogP contribution is 2.34. The van der Waals surface area contributed by atoms with Gasteiger partial charge in [0, 0.05) is 18.3 Å². The number of urea groups is 1. The molecule has 0 radical (unpaired) electrons. The monoisotopic (exact) mass is 435 g/mol. The first kappa shape index (κ1) is 21.9. The standard InChI is InChI=1S/C25H29N3O4/c1-3-32-24(29)22-20(16-28-15-7-10-21(28)17-8-5-4-6-9-17)26-25(30)27-23(22)18-11-13-19(31-2)14-12-18/h4-6,8-9,11-14,21,23H,3,7,10,15-16H2,1-2H3,(H2,26,27,30)/t21-,23-/m0/s1. The van der Waals surface area contributed by atoms with Crippen LogP contribution in [0.4, 0.5) is 4.79 Å². The molecular weight excluding hydrogens is 406 g/mol. The second kappa shape index (κ2) is 9.87. The molecule has 0 unspecified atom stereocenters. The van der Waals surface area contributed by atoms with E-state index in [9.17, 15) is 9.59 Å². The van der Waals surface area contributed by atoms with Gasteiger partial charge in [0.25, 0.3) is 0 Å². The van der Waals surface area contributed by atoms with E-state index in [0.717, 1.165) is 24.9 Å². The lowest BCUT2D eigenvalue weighted by atomic mass is 9.94. The van der Waals surface area contributed by atoms with Gasteiger partial charge in [-0.1, -0.05) is 42.5 Å². The second-order valence-corrected chi connectivity index (χ2v) is 7.96. The summed E-state index contributed by atoms with van der Waals surface area (Å²) in [6.45, 7) is 3.40. The molecule has 0 aliphatic carbocycles. The molecule has 2 aromatic rings. The number of hydrogen-bond acceptors (Lipinski definition) is 5. The number of esters is 1. The van der Waals surface area contributed by atoms with E-state index < -0.39 is 12.0 Å². The number of likely N-dealkylation sites (tertiary alicyclic amines) is 1. The van der Waals surface area contributed by atoms with Crippen LogP contribution in [-0.2, 0) is 9.53 Å². The molecule has 0 spiro atoms. The molecule has 0 saturated carbocycles. The minimum Gasteiger partial charge on any atom is -0.497 e. The summed E-state index contributed by atoms with van der Waals surface area (Å²) in [5, 5.41) is 5.78. The molecule has 7 heteroatoms. The van der Waals surface area contributed by atoms with Crippen LogP contribution in [0.2, 0.25) is 0 Å². The number of carbonyl (C=O) groups excluding carboxylic acids is 2. The molecule has 2 amide bonds. The van der Waals surface area contributed by atoms with Crippen molar-refractivity contribution in [2.24, 2.45) is 0 Å². The maximum Gasteiger partial charge on any atom is 0.338 e. The molecule has 2 aromatic carbocycles. The quantitative estimate of drug-likeness (QED) is 0.649. The third-order valence-corrected chi connectivity index (χ3v) is 6.01. The number of methoxy groups -OCH3 is 1. The molecule has 1 fully saturated rings. The Morgan fingerprint density at radius 2 is 1.84 bits per heavy atom. The first-order chi connectivity index (χ1) is 15.6. The first-order valence-electron chi connectivity index (χ1n) is 11.0. The fourth-order valence-electron chi connectivity index (χ4n) is 4.51. The Kier molecular flexibility index (Phi) is 6.75. The summed E-state index contributed by atoms with van der Waals surface area (Å²) in [6, 6.07) is 17.0. The van der Waals surface area contributed by atoms with Crippen molar-refractivity contribution in [3.8, 4) is 5.75 Å². The Hall–Kier alpha value is -3.32. The van der Waals surface area contributed by atoms with Gasteiger partial charge in [0.15, 0.2) is 0 Å². The minimum absolute atomic E-state index is 0.248. The van der Waals surface area contributed by atoms with Crippen molar-refractivity contribution in [3.05, 3.63) is 77.0 Å². The Labute approximate surface area is 188 Å².